The number of alkyl carbamates (subject to hydrolysis) is 1. The van der Waals surface area contributed by atoms with E-state index >= 15 is 0 Å². The van der Waals surface area contributed by atoms with Crippen LogP contribution in [0.15, 0.2) is 0 Å². The Balaban J connectivity index is 4.18. The van der Waals surface area contributed by atoms with Gasteiger partial charge in [0.2, 0.25) is 0 Å². The minimum atomic E-state index is -0.720. The van der Waals surface area contributed by atoms with Crippen molar-refractivity contribution < 1.29 is 19.1 Å². The number of amides is 1. The van der Waals surface area contributed by atoms with Gasteiger partial charge >= 0.3 is 12.1 Å². The van der Waals surface area contributed by atoms with Crippen molar-refractivity contribution in [2.45, 2.75) is 66.5 Å². The van der Waals surface area contributed by atoms with E-state index in [1.54, 1.807) is 27.7 Å². The van der Waals surface area contributed by atoms with E-state index in [1.807, 2.05) is 20.8 Å². The SMILES string of the molecule is CCC(C)(C)COC(=O)[C@H](C)NC(=O)OC(C)(C)C. The first-order valence-corrected chi connectivity index (χ1v) is 6.63. The second kappa shape index (κ2) is 6.78. The molecule has 5 heteroatoms. The molecule has 0 saturated carbocycles. The van der Waals surface area contributed by atoms with Gasteiger partial charge in [-0.3, -0.25) is 0 Å². The van der Waals surface area contributed by atoms with Crippen molar-refractivity contribution in [2.24, 2.45) is 5.41 Å². The van der Waals surface area contributed by atoms with Crippen molar-refractivity contribution in [2.75, 3.05) is 6.61 Å². The number of carbonyl (C=O) groups is 2. The van der Waals surface area contributed by atoms with Gasteiger partial charge in [-0.05, 0) is 39.5 Å². The first-order valence-electron chi connectivity index (χ1n) is 6.63. The molecular weight excluding hydrogens is 246 g/mol. The van der Waals surface area contributed by atoms with E-state index in [-0.39, 0.29) is 5.41 Å². The van der Waals surface area contributed by atoms with E-state index in [4.69, 9.17) is 9.47 Å². The molecule has 0 saturated heterocycles. The van der Waals surface area contributed by atoms with Crippen molar-refractivity contribution >= 4 is 12.1 Å². The standard InChI is InChI=1S/C14H27NO4/c1-8-14(6,7)9-18-11(16)10(2)15-12(17)19-13(3,4)5/h10H,8-9H2,1-7H3,(H,15,17)/t10-/m0/s1. The van der Waals surface area contributed by atoms with E-state index in [9.17, 15) is 9.59 Å². The van der Waals surface area contributed by atoms with Crippen LogP contribution in [0.2, 0.25) is 0 Å². The number of esters is 1. The van der Waals surface area contributed by atoms with Crippen molar-refractivity contribution in [3.05, 3.63) is 0 Å². The number of nitrogens with one attached hydrogen (secondary N) is 1. The van der Waals surface area contributed by atoms with Crippen molar-refractivity contribution in [3.8, 4) is 0 Å². The lowest BCUT2D eigenvalue weighted by Crippen LogP contribution is -2.43. The molecule has 0 aromatic heterocycles. The molecule has 0 fully saturated rings. The van der Waals surface area contributed by atoms with E-state index in [1.165, 1.54) is 0 Å². The minimum absolute atomic E-state index is 0.0543. The highest BCUT2D eigenvalue weighted by molar-refractivity contribution is 5.81. The number of hydrogen-bond acceptors (Lipinski definition) is 4. The van der Waals surface area contributed by atoms with E-state index in [0.717, 1.165) is 6.42 Å². The third kappa shape index (κ3) is 8.46. The van der Waals surface area contributed by atoms with Crippen LogP contribution in [0.3, 0.4) is 0 Å². The number of carbonyl (C=O) groups excluding carboxylic acids is 2. The highest BCUT2D eigenvalue weighted by Gasteiger charge is 2.24. The summed E-state index contributed by atoms with van der Waals surface area (Å²) in [7, 11) is 0. The van der Waals surface area contributed by atoms with Crippen LogP contribution in [0.1, 0.15) is 54.9 Å². The van der Waals surface area contributed by atoms with E-state index in [2.05, 4.69) is 5.32 Å². The third-order valence-electron chi connectivity index (χ3n) is 2.65. The molecule has 0 aromatic carbocycles. The molecule has 1 N–H and O–H groups in total. The van der Waals surface area contributed by atoms with Crippen molar-refractivity contribution in [1.82, 2.24) is 5.32 Å². The molecule has 0 aromatic rings. The Morgan fingerprint density at radius 2 is 1.68 bits per heavy atom. The van der Waals surface area contributed by atoms with Crippen LogP contribution < -0.4 is 5.32 Å². The summed E-state index contributed by atoms with van der Waals surface area (Å²) < 4.78 is 10.2. The molecule has 0 rings (SSSR count). The Kier molecular flexibility index (Phi) is 6.33. The van der Waals surface area contributed by atoms with Crippen LogP contribution in [-0.4, -0.2) is 30.3 Å². The van der Waals surface area contributed by atoms with Gasteiger partial charge in [0.1, 0.15) is 11.6 Å². The normalized spacial score (nSPS) is 13.6. The maximum atomic E-state index is 11.7. The van der Waals surface area contributed by atoms with Gasteiger partial charge < -0.3 is 14.8 Å². The number of rotatable bonds is 5. The minimum Gasteiger partial charge on any atom is -0.464 e. The third-order valence-corrected chi connectivity index (χ3v) is 2.65. The lowest BCUT2D eigenvalue weighted by atomic mass is 9.92. The zero-order chi connectivity index (χ0) is 15.3. The Bertz CT molecular complexity index is 318. The van der Waals surface area contributed by atoms with Gasteiger partial charge in [-0.2, -0.15) is 0 Å². The molecule has 0 aliphatic heterocycles. The fourth-order valence-corrected chi connectivity index (χ4v) is 1.04. The summed E-state index contributed by atoms with van der Waals surface area (Å²) in [5.74, 6) is -0.451. The fourth-order valence-electron chi connectivity index (χ4n) is 1.04. The van der Waals surface area contributed by atoms with Crippen LogP contribution in [0.4, 0.5) is 4.79 Å². The predicted octanol–water partition coefficient (Wildman–Crippen LogP) is 2.88. The summed E-state index contributed by atoms with van der Waals surface area (Å²) >= 11 is 0. The number of ether oxygens (including phenoxy) is 2. The first kappa shape index (κ1) is 17.7. The predicted molar refractivity (Wildman–Crippen MR) is 73.9 cm³/mol. The summed E-state index contributed by atoms with van der Waals surface area (Å²) in [6.45, 7) is 13.3. The molecule has 5 nitrogen and oxygen atoms in total. The lowest BCUT2D eigenvalue weighted by molar-refractivity contribution is -0.148. The Morgan fingerprint density at radius 1 is 1.16 bits per heavy atom. The largest absolute Gasteiger partial charge is 0.464 e. The summed E-state index contributed by atoms with van der Waals surface area (Å²) in [5.41, 5.74) is -0.640. The quantitative estimate of drug-likeness (QED) is 0.782. The van der Waals surface area contributed by atoms with E-state index in [0.29, 0.717) is 6.61 Å². The molecule has 0 aliphatic carbocycles. The lowest BCUT2D eigenvalue weighted by Gasteiger charge is -2.24. The zero-order valence-corrected chi connectivity index (χ0v) is 13.1. The molecular formula is C14H27NO4. The Hall–Kier alpha value is -1.26. The van der Waals surface area contributed by atoms with Gasteiger partial charge in [-0.25, -0.2) is 9.59 Å². The molecule has 19 heavy (non-hydrogen) atoms. The molecule has 1 amide bonds. The van der Waals surface area contributed by atoms with Crippen LogP contribution in [0, 0.1) is 5.41 Å². The molecule has 112 valence electrons. The summed E-state index contributed by atoms with van der Waals surface area (Å²) in [4.78, 5) is 23.2. The molecule has 0 radical (unpaired) electrons. The Morgan fingerprint density at radius 3 is 2.11 bits per heavy atom. The first-order chi connectivity index (χ1) is 8.47. The van der Waals surface area contributed by atoms with Gasteiger partial charge in [0.15, 0.2) is 0 Å². The van der Waals surface area contributed by atoms with Crippen LogP contribution >= 0.6 is 0 Å². The topological polar surface area (TPSA) is 64.6 Å². The van der Waals surface area contributed by atoms with Crippen LogP contribution in [0.25, 0.3) is 0 Å². The average molecular weight is 273 g/mol. The molecule has 0 spiro atoms. The van der Waals surface area contributed by atoms with Gasteiger partial charge in [0.05, 0.1) is 6.61 Å². The van der Waals surface area contributed by atoms with E-state index < -0.39 is 23.7 Å². The summed E-state index contributed by atoms with van der Waals surface area (Å²) in [5, 5.41) is 2.45. The summed E-state index contributed by atoms with van der Waals surface area (Å²) in [6.07, 6.45) is 0.292. The zero-order valence-electron chi connectivity index (χ0n) is 13.1. The summed E-state index contributed by atoms with van der Waals surface area (Å²) in [6, 6.07) is -0.720. The maximum Gasteiger partial charge on any atom is 0.408 e. The molecule has 1 atom stereocenters. The van der Waals surface area contributed by atoms with Crippen molar-refractivity contribution in [3.63, 3.8) is 0 Å². The second-order valence-corrected chi connectivity index (χ2v) is 6.49. The smallest absolute Gasteiger partial charge is 0.408 e. The highest BCUT2D eigenvalue weighted by atomic mass is 16.6. The van der Waals surface area contributed by atoms with Gasteiger partial charge in [-0.1, -0.05) is 20.8 Å². The Labute approximate surface area is 116 Å². The van der Waals surface area contributed by atoms with Gasteiger partial charge in [0, 0.05) is 0 Å². The van der Waals surface area contributed by atoms with Gasteiger partial charge in [-0.15, -0.1) is 0 Å². The average Bonchev–Trinajstić information content (AvgIpc) is 2.23. The molecule has 0 heterocycles. The monoisotopic (exact) mass is 273 g/mol. The second-order valence-electron chi connectivity index (χ2n) is 6.49. The number of hydrogen-bond donors (Lipinski definition) is 1. The van der Waals surface area contributed by atoms with Gasteiger partial charge in [0.25, 0.3) is 0 Å². The van der Waals surface area contributed by atoms with Crippen molar-refractivity contribution in [1.29, 1.82) is 0 Å². The molecule has 0 bridgehead atoms. The van der Waals surface area contributed by atoms with Crippen LogP contribution in [-0.2, 0) is 14.3 Å². The highest BCUT2D eigenvalue weighted by Crippen LogP contribution is 2.19. The fraction of sp³-hybridized carbons (Fsp3) is 0.857. The molecule has 0 unspecified atom stereocenters. The maximum absolute atomic E-state index is 11.7. The van der Waals surface area contributed by atoms with Crippen LogP contribution in [0.5, 0.6) is 0 Å². The molecule has 0 aliphatic rings.